The molecule has 2 fully saturated rings. The average molecular weight is 195 g/mol. The lowest BCUT2D eigenvalue weighted by molar-refractivity contribution is 0.0890. The summed E-state index contributed by atoms with van der Waals surface area (Å²) in [5.41, 5.74) is 6.72. The monoisotopic (exact) mass is 195 g/mol. The summed E-state index contributed by atoms with van der Waals surface area (Å²) in [4.78, 5) is 0. The van der Waals surface area contributed by atoms with E-state index in [9.17, 15) is 0 Å². The van der Waals surface area contributed by atoms with Crippen LogP contribution in [0.2, 0.25) is 0 Å². The van der Waals surface area contributed by atoms with E-state index in [-0.39, 0.29) is 0 Å². The normalized spacial score (nSPS) is 44.1. The first-order chi connectivity index (χ1) is 6.74. The maximum absolute atomic E-state index is 5.98. The van der Waals surface area contributed by atoms with Gasteiger partial charge in [0.15, 0.2) is 0 Å². The van der Waals surface area contributed by atoms with Gasteiger partial charge in [-0.15, -0.1) is 0 Å². The first-order valence-electron chi connectivity index (χ1n) is 6.50. The van der Waals surface area contributed by atoms with Crippen LogP contribution in [0.15, 0.2) is 0 Å². The Morgan fingerprint density at radius 2 is 1.50 bits per heavy atom. The summed E-state index contributed by atoms with van der Waals surface area (Å²) in [5.74, 6) is 1.04. The maximum Gasteiger partial charge on any atom is 0.00392 e. The van der Waals surface area contributed by atoms with Crippen LogP contribution in [0.5, 0.6) is 0 Å². The summed E-state index contributed by atoms with van der Waals surface area (Å²) in [5, 5.41) is 0. The second-order valence-electron chi connectivity index (χ2n) is 5.69. The van der Waals surface area contributed by atoms with Gasteiger partial charge in [-0.2, -0.15) is 0 Å². The molecule has 2 saturated carbocycles. The molecule has 0 unspecified atom stereocenters. The molecule has 0 aromatic rings. The van der Waals surface area contributed by atoms with Gasteiger partial charge < -0.3 is 5.73 Å². The van der Waals surface area contributed by atoms with Crippen molar-refractivity contribution in [2.24, 2.45) is 17.1 Å². The molecule has 0 atom stereocenters. The predicted octanol–water partition coefficient (Wildman–Crippen LogP) is 3.47. The highest BCUT2D eigenvalue weighted by Crippen LogP contribution is 2.48. The second-order valence-corrected chi connectivity index (χ2v) is 5.69. The zero-order valence-electron chi connectivity index (χ0n) is 9.60. The largest absolute Gasteiger partial charge is 0.328 e. The van der Waals surface area contributed by atoms with Crippen LogP contribution in [0.25, 0.3) is 0 Å². The van der Waals surface area contributed by atoms with Gasteiger partial charge in [0.05, 0.1) is 0 Å². The molecule has 0 aliphatic heterocycles. The van der Waals surface area contributed by atoms with Crippen molar-refractivity contribution in [2.75, 3.05) is 0 Å². The van der Waals surface area contributed by atoms with Gasteiger partial charge in [-0.1, -0.05) is 13.3 Å². The Labute approximate surface area is 88.4 Å². The van der Waals surface area contributed by atoms with E-state index in [1.54, 1.807) is 0 Å². The number of nitrogens with two attached hydrogens (primary N) is 1. The predicted molar refractivity (Wildman–Crippen MR) is 61.1 cm³/mol. The molecule has 0 aromatic heterocycles. The van der Waals surface area contributed by atoms with Crippen LogP contribution in [-0.2, 0) is 0 Å². The van der Waals surface area contributed by atoms with Crippen molar-refractivity contribution in [3.8, 4) is 0 Å². The Bertz CT molecular complexity index is 170. The molecule has 2 rings (SSSR count). The molecule has 0 amide bonds. The van der Waals surface area contributed by atoms with Crippen LogP contribution < -0.4 is 5.73 Å². The molecule has 0 aromatic carbocycles. The smallest absolute Gasteiger partial charge is 0.00392 e. The van der Waals surface area contributed by atoms with Crippen molar-refractivity contribution >= 4 is 0 Å². The molecule has 82 valence electrons. The van der Waals surface area contributed by atoms with Gasteiger partial charge in [0.25, 0.3) is 0 Å². The van der Waals surface area contributed by atoms with Gasteiger partial charge in [0.2, 0.25) is 0 Å². The van der Waals surface area contributed by atoms with Crippen molar-refractivity contribution in [3.63, 3.8) is 0 Å². The molecule has 0 heterocycles. The molecule has 14 heavy (non-hydrogen) atoms. The van der Waals surface area contributed by atoms with E-state index in [1.807, 2.05) is 0 Å². The molecule has 1 nitrogen and oxygen atoms in total. The van der Waals surface area contributed by atoms with E-state index in [1.165, 1.54) is 57.8 Å². The lowest BCUT2D eigenvalue weighted by atomic mass is 9.62. The van der Waals surface area contributed by atoms with Crippen LogP contribution >= 0.6 is 0 Å². The summed E-state index contributed by atoms with van der Waals surface area (Å²) < 4.78 is 0. The van der Waals surface area contributed by atoms with Crippen molar-refractivity contribution in [3.05, 3.63) is 0 Å². The van der Waals surface area contributed by atoms with Gasteiger partial charge in [0, 0.05) is 6.04 Å². The average Bonchev–Trinajstić information content (AvgIpc) is 2.24. The second kappa shape index (κ2) is 4.22. The Hall–Kier alpha value is -0.0400. The SMILES string of the molecule is CCC1CCC2(CCC(N)CC2)CC1. The van der Waals surface area contributed by atoms with E-state index in [0.29, 0.717) is 6.04 Å². The van der Waals surface area contributed by atoms with Crippen LogP contribution in [0.4, 0.5) is 0 Å². The highest BCUT2D eigenvalue weighted by atomic mass is 14.6. The van der Waals surface area contributed by atoms with Gasteiger partial charge in [-0.25, -0.2) is 0 Å². The molecular weight excluding hydrogens is 170 g/mol. The fourth-order valence-corrected chi connectivity index (χ4v) is 3.45. The molecule has 1 spiro atoms. The Morgan fingerprint density at radius 1 is 1.00 bits per heavy atom. The summed E-state index contributed by atoms with van der Waals surface area (Å²) in [6, 6.07) is 0.518. The Morgan fingerprint density at radius 3 is 2.00 bits per heavy atom. The van der Waals surface area contributed by atoms with E-state index in [0.717, 1.165) is 11.3 Å². The van der Waals surface area contributed by atoms with Crippen LogP contribution in [0.3, 0.4) is 0 Å². The quantitative estimate of drug-likeness (QED) is 0.681. The molecule has 0 radical (unpaired) electrons. The van der Waals surface area contributed by atoms with E-state index in [4.69, 9.17) is 5.73 Å². The summed E-state index contributed by atoms with van der Waals surface area (Å²) in [6.07, 6.45) is 12.8. The fourth-order valence-electron chi connectivity index (χ4n) is 3.45. The lowest BCUT2D eigenvalue weighted by Crippen LogP contribution is -2.36. The molecular formula is C13H25N. The lowest BCUT2D eigenvalue weighted by Gasteiger charge is -2.44. The minimum Gasteiger partial charge on any atom is -0.328 e. The minimum atomic E-state index is 0.518. The number of hydrogen-bond donors (Lipinski definition) is 1. The molecule has 2 N–H and O–H groups in total. The van der Waals surface area contributed by atoms with Crippen molar-refractivity contribution in [1.29, 1.82) is 0 Å². The third kappa shape index (κ3) is 2.13. The van der Waals surface area contributed by atoms with Crippen molar-refractivity contribution in [2.45, 2.75) is 70.8 Å². The van der Waals surface area contributed by atoms with Gasteiger partial charge in [-0.05, 0) is 62.7 Å². The first-order valence-corrected chi connectivity index (χ1v) is 6.50. The molecule has 0 bridgehead atoms. The van der Waals surface area contributed by atoms with Gasteiger partial charge in [0.1, 0.15) is 0 Å². The van der Waals surface area contributed by atoms with E-state index < -0.39 is 0 Å². The third-order valence-electron chi connectivity index (χ3n) is 4.83. The first kappa shape index (κ1) is 10.5. The highest BCUT2D eigenvalue weighted by molar-refractivity contribution is 4.90. The zero-order chi connectivity index (χ0) is 10.0. The van der Waals surface area contributed by atoms with Crippen LogP contribution in [-0.4, -0.2) is 6.04 Å². The van der Waals surface area contributed by atoms with E-state index >= 15 is 0 Å². The third-order valence-corrected chi connectivity index (χ3v) is 4.83. The molecule has 2 aliphatic rings. The zero-order valence-corrected chi connectivity index (χ0v) is 9.60. The maximum atomic E-state index is 5.98. The summed E-state index contributed by atoms with van der Waals surface area (Å²) >= 11 is 0. The van der Waals surface area contributed by atoms with Gasteiger partial charge in [-0.3, -0.25) is 0 Å². The highest BCUT2D eigenvalue weighted by Gasteiger charge is 2.37. The van der Waals surface area contributed by atoms with Crippen LogP contribution in [0, 0.1) is 11.3 Å². The Balaban J connectivity index is 1.86. The Kier molecular flexibility index (Phi) is 3.16. The summed E-state index contributed by atoms with van der Waals surface area (Å²) in [6.45, 7) is 2.35. The van der Waals surface area contributed by atoms with E-state index in [2.05, 4.69) is 6.92 Å². The standard InChI is InChI=1S/C13H25N/c1-2-11-3-7-13(8-4-11)9-5-12(14)6-10-13/h11-12H,2-10,14H2,1H3. The fraction of sp³-hybridized carbons (Fsp3) is 1.00. The number of hydrogen-bond acceptors (Lipinski definition) is 1. The number of rotatable bonds is 1. The molecule has 1 heteroatoms. The minimum absolute atomic E-state index is 0.518. The molecule has 2 aliphatic carbocycles. The van der Waals surface area contributed by atoms with Crippen LogP contribution in [0.1, 0.15) is 64.7 Å². The van der Waals surface area contributed by atoms with Crippen molar-refractivity contribution < 1.29 is 0 Å². The van der Waals surface area contributed by atoms with Gasteiger partial charge >= 0.3 is 0 Å². The molecule has 0 saturated heterocycles. The topological polar surface area (TPSA) is 26.0 Å². The van der Waals surface area contributed by atoms with Crippen molar-refractivity contribution in [1.82, 2.24) is 0 Å². The summed E-state index contributed by atoms with van der Waals surface area (Å²) in [7, 11) is 0.